The van der Waals surface area contributed by atoms with Crippen molar-refractivity contribution in [2.45, 2.75) is 39.2 Å². The molecule has 0 unspecified atom stereocenters. The van der Waals surface area contributed by atoms with Gasteiger partial charge in [0, 0.05) is 6.54 Å². The fourth-order valence-electron chi connectivity index (χ4n) is 1.56. The fraction of sp³-hybridized carbons (Fsp3) is 0.583. The predicted octanol–water partition coefficient (Wildman–Crippen LogP) is 3.12. The zero-order chi connectivity index (χ0) is 11.8. The lowest BCUT2D eigenvalue weighted by Crippen LogP contribution is -2.15. The molecule has 0 saturated heterocycles. The molecule has 0 atom stereocenters. The minimum absolute atomic E-state index is 0.459. The number of rotatable bonds is 8. The van der Waals surface area contributed by atoms with Crippen molar-refractivity contribution in [3.8, 4) is 0 Å². The summed E-state index contributed by atoms with van der Waals surface area (Å²) in [6.07, 6.45) is 4.94. The second kappa shape index (κ2) is 7.41. The number of carboxylic acids is 1. The summed E-state index contributed by atoms with van der Waals surface area (Å²) in [5.41, 5.74) is 0.896. The Labute approximate surface area is 100 Å². The van der Waals surface area contributed by atoms with Crippen LogP contribution in [0.5, 0.6) is 0 Å². The highest BCUT2D eigenvalue weighted by atomic mass is 32.1. The van der Waals surface area contributed by atoms with Gasteiger partial charge in [-0.25, -0.2) is 4.79 Å². The number of nitrogens with one attached hydrogen (secondary N) is 1. The van der Waals surface area contributed by atoms with Gasteiger partial charge in [-0.1, -0.05) is 26.2 Å². The number of carbonyl (C=O) groups is 1. The molecular formula is C12H19NO2S. The van der Waals surface area contributed by atoms with Crippen LogP contribution in [0.3, 0.4) is 0 Å². The Hall–Kier alpha value is -0.870. The van der Waals surface area contributed by atoms with Gasteiger partial charge in [0.05, 0.1) is 0 Å². The number of thiophene rings is 1. The molecule has 90 valence electrons. The average Bonchev–Trinajstić information content (AvgIpc) is 2.71. The van der Waals surface area contributed by atoms with Gasteiger partial charge in [0.2, 0.25) is 0 Å². The van der Waals surface area contributed by atoms with Crippen molar-refractivity contribution in [1.82, 2.24) is 5.32 Å². The van der Waals surface area contributed by atoms with E-state index < -0.39 is 5.97 Å². The number of unbranched alkanes of at least 4 members (excludes halogenated alkanes) is 3. The molecule has 1 heterocycles. The van der Waals surface area contributed by atoms with E-state index in [-0.39, 0.29) is 0 Å². The van der Waals surface area contributed by atoms with Crippen LogP contribution < -0.4 is 5.32 Å². The molecule has 0 fully saturated rings. The van der Waals surface area contributed by atoms with Crippen LogP contribution in [0.1, 0.15) is 47.8 Å². The first-order valence-corrected chi connectivity index (χ1v) is 6.64. The van der Waals surface area contributed by atoms with Crippen LogP contribution >= 0.6 is 11.3 Å². The van der Waals surface area contributed by atoms with Crippen LogP contribution in [0.2, 0.25) is 0 Å². The van der Waals surface area contributed by atoms with E-state index in [1.54, 1.807) is 0 Å². The van der Waals surface area contributed by atoms with Gasteiger partial charge in [0.15, 0.2) is 0 Å². The molecule has 1 aromatic rings. The van der Waals surface area contributed by atoms with Crippen molar-refractivity contribution in [1.29, 1.82) is 0 Å². The molecule has 0 radical (unpaired) electrons. The zero-order valence-corrected chi connectivity index (χ0v) is 10.5. The molecule has 0 aromatic carbocycles. The summed E-state index contributed by atoms with van der Waals surface area (Å²) < 4.78 is 0. The van der Waals surface area contributed by atoms with Crippen molar-refractivity contribution in [2.24, 2.45) is 0 Å². The summed E-state index contributed by atoms with van der Waals surface area (Å²) in [6, 6.07) is 1.88. The quantitative estimate of drug-likeness (QED) is 0.687. The molecule has 0 amide bonds. The third kappa shape index (κ3) is 4.33. The normalized spacial score (nSPS) is 10.6. The van der Waals surface area contributed by atoms with E-state index in [4.69, 9.17) is 5.11 Å². The standard InChI is InChI=1S/C12H19NO2S/c1-2-3-4-5-7-13-9-10-6-8-16-11(10)12(14)15/h6,8,13H,2-5,7,9H2,1H3,(H,14,15). The monoisotopic (exact) mass is 241 g/mol. The van der Waals surface area contributed by atoms with Crippen molar-refractivity contribution >= 4 is 17.3 Å². The van der Waals surface area contributed by atoms with Crippen LogP contribution in [-0.4, -0.2) is 17.6 Å². The van der Waals surface area contributed by atoms with E-state index in [2.05, 4.69) is 12.2 Å². The lowest BCUT2D eigenvalue weighted by atomic mass is 10.2. The summed E-state index contributed by atoms with van der Waals surface area (Å²) >= 11 is 1.29. The first kappa shape index (κ1) is 13.2. The number of hydrogen-bond acceptors (Lipinski definition) is 3. The summed E-state index contributed by atoms with van der Waals surface area (Å²) in [5, 5.41) is 14.0. The lowest BCUT2D eigenvalue weighted by Gasteiger charge is -2.04. The molecule has 0 spiro atoms. The van der Waals surface area contributed by atoms with E-state index >= 15 is 0 Å². The summed E-state index contributed by atoms with van der Waals surface area (Å²) in [5.74, 6) is -0.821. The van der Waals surface area contributed by atoms with E-state index in [9.17, 15) is 4.79 Å². The number of aromatic carboxylic acids is 1. The fourth-order valence-corrected chi connectivity index (χ4v) is 2.32. The van der Waals surface area contributed by atoms with Gasteiger partial charge < -0.3 is 10.4 Å². The summed E-state index contributed by atoms with van der Waals surface area (Å²) in [7, 11) is 0. The molecule has 1 aromatic heterocycles. The molecule has 16 heavy (non-hydrogen) atoms. The second-order valence-corrected chi connectivity index (χ2v) is 4.73. The first-order valence-electron chi connectivity index (χ1n) is 5.76. The molecule has 0 saturated carbocycles. The van der Waals surface area contributed by atoms with Gasteiger partial charge in [-0.3, -0.25) is 0 Å². The predicted molar refractivity (Wildman–Crippen MR) is 67.1 cm³/mol. The van der Waals surface area contributed by atoms with Crippen molar-refractivity contribution < 1.29 is 9.90 Å². The molecule has 0 bridgehead atoms. The lowest BCUT2D eigenvalue weighted by molar-refractivity contribution is 0.0701. The van der Waals surface area contributed by atoms with Crippen molar-refractivity contribution in [3.63, 3.8) is 0 Å². The van der Waals surface area contributed by atoms with Gasteiger partial charge in [-0.15, -0.1) is 11.3 Å². The number of carboxylic acid groups (broad SMARTS) is 1. The Kier molecular flexibility index (Phi) is 6.11. The third-order valence-electron chi connectivity index (χ3n) is 2.46. The van der Waals surface area contributed by atoms with Gasteiger partial charge in [0.1, 0.15) is 4.88 Å². The van der Waals surface area contributed by atoms with Crippen LogP contribution in [0.25, 0.3) is 0 Å². The Morgan fingerprint density at radius 1 is 1.44 bits per heavy atom. The highest BCUT2D eigenvalue weighted by Gasteiger charge is 2.10. The minimum Gasteiger partial charge on any atom is -0.477 e. The maximum absolute atomic E-state index is 10.8. The Morgan fingerprint density at radius 3 is 2.94 bits per heavy atom. The van der Waals surface area contributed by atoms with Crippen LogP contribution in [0.4, 0.5) is 0 Å². The molecule has 1 rings (SSSR count). The van der Waals surface area contributed by atoms with Crippen LogP contribution in [-0.2, 0) is 6.54 Å². The van der Waals surface area contributed by atoms with Crippen LogP contribution in [0.15, 0.2) is 11.4 Å². The zero-order valence-electron chi connectivity index (χ0n) is 9.66. The molecule has 2 N–H and O–H groups in total. The van der Waals surface area contributed by atoms with Gasteiger partial charge in [-0.05, 0) is 30.0 Å². The van der Waals surface area contributed by atoms with Crippen molar-refractivity contribution in [3.05, 3.63) is 21.9 Å². The first-order chi connectivity index (χ1) is 7.75. The topological polar surface area (TPSA) is 49.3 Å². The Balaban J connectivity index is 2.21. The molecule has 4 heteroatoms. The molecule has 0 aliphatic heterocycles. The van der Waals surface area contributed by atoms with E-state index in [1.165, 1.54) is 37.0 Å². The highest BCUT2D eigenvalue weighted by Crippen LogP contribution is 2.16. The summed E-state index contributed by atoms with van der Waals surface area (Å²) in [6.45, 7) is 3.82. The smallest absolute Gasteiger partial charge is 0.346 e. The molecular weight excluding hydrogens is 222 g/mol. The Bertz CT molecular complexity index is 323. The summed E-state index contributed by atoms with van der Waals surface area (Å²) in [4.78, 5) is 11.3. The molecule has 3 nitrogen and oxygen atoms in total. The van der Waals surface area contributed by atoms with Gasteiger partial charge in [0.25, 0.3) is 0 Å². The molecule has 0 aliphatic carbocycles. The maximum Gasteiger partial charge on any atom is 0.346 e. The van der Waals surface area contributed by atoms with Crippen LogP contribution in [0, 0.1) is 0 Å². The Morgan fingerprint density at radius 2 is 2.25 bits per heavy atom. The second-order valence-electron chi connectivity index (χ2n) is 3.82. The maximum atomic E-state index is 10.8. The van der Waals surface area contributed by atoms with Gasteiger partial charge >= 0.3 is 5.97 Å². The largest absolute Gasteiger partial charge is 0.477 e. The van der Waals surface area contributed by atoms with E-state index in [1.807, 2.05) is 11.4 Å². The number of hydrogen-bond donors (Lipinski definition) is 2. The minimum atomic E-state index is -0.821. The van der Waals surface area contributed by atoms with E-state index in [0.717, 1.165) is 12.1 Å². The third-order valence-corrected chi connectivity index (χ3v) is 3.41. The average molecular weight is 241 g/mol. The highest BCUT2D eigenvalue weighted by molar-refractivity contribution is 7.12. The molecule has 0 aliphatic rings. The van der Waals surface area contributed by atoms with Gasteiger partial charge in [-0.2, -0.15) is 0 Å². The SMILES string of the molecule is CCCCCCNCc1ccsc1C(=O)O. The van der Waals surface area contributed by atoms with Crippen molar-refractivity contribution in [2.75, 3.05) is 6.54 Å². The van der Waals surface area contributed by atoms with E-state index in [0.29, 0.717) is 11.4 Å².